The van der Waals surface area contributed by atoms with E-state index in [1.165, 1.54) is 27.4 Å². The molecule has 1 unspecified atom stereocenters. The Morgan fingerprint density at radius 1 is 0.913 bits per heavy atom. The summed E-state index contributed by atoms with van der Waals surface area (Å²) in [6, 6.07) is 17.2. The lowest BCUT2D eigenvalue weighted by atomic mass is 9.88. The predicted molar refractivity (Wildman–Crippen MR) is 99.7 cm³/mol. The second-order valence-corrected chi connectivity index (χ2v) is 6.01. The Morgan fingerprint density at radius 2 is 1.52 bits per heavy atom. The molecule has 3 aromatic rings. The summed E-state index contributed by atoms with van der Waals surface area (Å²) in [5.74, 6) is 0. The van der Waals surface area contributed by atoms with E-state index in [1.807, 2.05) is 6.08 Å². The summed E-state index contributed by atoms with van der Waals surface area (Å²) in [5.41, 5.74) is 3.42. The number of para-hydroxylation sites is 2. The van der Waals surface area contributed by atoms with Gasteiger partial charge in [0.25, 0.3) is 0 Å². The molecule has 1 aliphatic carbocycles. The highest BCUT2D eigenvalue weighted by molar-refractivity contribution is 6.08. The topological polar surface area (TPSA) is 4.93 Å². The Balaban J connectivity index is 2.08. The van der Waals surface area contributed by atoms with Crippen LogP contribution in [-0.2, 0) is 5.54 Å². The zero-order valence-corrected chi connectivity index (χ0v) is 13.1. The molecule has 0 bridgehead atoms. The van der Waals surface area contributed by atoms with Crippen LogP contribution in [0.3, 0.4) is 0 Å². The first-order valence-corrected chi connectivity index (χ1v) is 7.93. The summed E-state index contributed by atoms with van der Waals surface area (Å²) >= 11 is 0. The van der Waals surface area contributed by atoms with Gasteiger partial charge in [-0.05, 0) is 24.1 Å². The van der Waals surface area contributed by atoms with Crippen LogP contribution in [0.4, 0.5) is 0 Å². The first kappa shape index (κ1) is 13.8. The largest absolute Gasteiger partial charge is 0.327 e. The van der Waals surface area contributed by atoms with Crippen molar-refractivity contribution in [2.24, 2.45) is 0 Å². The predicted octanol–water partition coefficient (Wildman–Crippen LogP) is 5.75. The molecule has 0 saturated carbocycles. The second kappa shape index (κ2) is 5.13. The van der Waals surface area contributed by atoms with Gasteiger partial charge < -0.3 is 4.57 Å². The van der Waals surface area contributed by atoms with Crippen LogP contribution < -0.4 is 0 Å². The Labute approximate surface area is 136 Å². The molecule has 1 nitrogen and oxygen atoms in total. The zero-order chi connectivity index (χ0) is 15.9. The van der Waals surface area contributed by atoms with Crippen molar-refractivity contribution in [3.63, 3.8) is 0 Å². The molecule has 1 aliphatic rings. The number of allylic oxidation sites excluding steroid dienone is 6. The molecule has 1 atom stereocenters. The summed E-state index contributed by atoms with van der Waals surface area (Å²) in [5, 5.41) is 2.58. The molecule has 2 aromatic carbocycles. The summed E-state index contributed by atoms with van der Waals surface area (Å²) in [6.07, 6.45) is 11.5. The normalized spacial score (nSPS) is 20.6. The van der Waals surface area contributed by atoms with E-state index in [9.17, 15) is 0 Å². The first-order chi connectivity index (χ1) is 11.3. The summed E-state index contributed by atoms with van der Waals surface area (Å²) in [7, 11) is 0. The van der Waals surface area contributed by atoms with Gasteiger partial charge >= 0.3 is 0 Å². The van der Waals surface area contributed by atoms with Gasteiger partial charge in [-0.1, -0.05) is 73.4 Å². The average molecular weight is 297 g/mol. The van der Waals surface area contributed by atoms with Crippen molar-refractivity contribution in [3.05, 3.63) is 97.6 Å². The van der Waals surface area contributed by atoms with Crippen LogP contribution in [0.2, 0.25) is 0 Å². The van der Waals surface area contributed by atoms with Gasteiger partial charge in [-0.15, -0.1) is 6.58 Å². The maximum Gasteiger partial charge on any atom is 0.0852 e. The molecule has 0 saturated heterocycles. The Kier molecular flexibility index (Phi) is 3.09. The number of aromatic nitrogens is 1. The lowest BCUT2D eigenvalue weighted by Crippen LogP contribution is -2.29. The number of hydrogen-bond donors (Lipinski definition) is 0. The maximum atomic E-state index is 4.15. The van der Waals surface area contributed by atoms with Gasteiger partial charge in [0, 0.05) is 10.8 Å². The van der Waals surface area contributed by atoms with Crippen LogP contribution in [0.25, 0.3) is 21.8 Å². The minimum atomic E-state index is -0.241. The second-order valence-electron chi connectivity index (χ2n) is 6.01. The highest BCUT2D eigenvalue weighted by Gasteiger charge is 2.29. The van der Waals surface area contributed by atoms with Gasteiger partial charge in [-0.2, -0.15) is 0 Å². The summed E-state index contributed by atoms with van der Waals surface area (Å²) in [4.78, 5) is 0. The van der Waals surface area contributed by atoms with Crippen molar-refractivity contribution in [2.75, 3.05) is 0 Å². The van der Waals surface area contributed by atoms with E-state index in [1.54, 1.807) is 0 Å². The van der Waals surface area contributed by atoms with Crippen molar-refractivity contribution in [1.82, 2.24) is 4.57 Å². The van der Waals surface area contributed by atoms with E-state index in [-0.39, 0.29) is 5.54 Å². The average Bonchev–Trinajstić information content (AvgIpc) is 2.97. The molecule has 1 heteroatoms. The summed E-state index contributed by atoms with van der Waals surface area (Å²) in [6.45, 7) is 8.02. The molecule has 4 rings (SSSR count). The molecule has 0 amide bonds. The number of fused-ring (bicyclic) bond motifs is 3. The number of nitrogens with zero attached hydrogens (tertiary/aromatic N) is 1. The van der Waals surface area contributed by atoms with E-state index in [4.69, 9.17) is 0 Å². The zero-order valence-electron chi connectivity index (χ0n) is 13.1. The Morgan fingerprint density at radius 3 is 2.00 bits per heavy atom. The Bertz CT molecular complexity index is 930. The van der Waals surface area contributed by atoms with Crippen molar-refractivity contribution in [1.29, 1.82) is 0 Å². The lowest BCUT2D eigenvalue weighted by molar-refractivity contribution is 0.497. The minimum Gasteiger partial charge on any atom is -0.327 e. The van der Waals surface area contributed by atoms with Gasteiger partial charge in [0.2, 0.25) is 0 Å². The maximum absolute atomic E-state index is 4.15. The number of benzene rings is 2. The molecule has 1 heterocycles. The van der Waals surface area contributed by atoms with Gasteiger partial charge in [0.05, 0.1) is 16.6 Å². The molecule has 112 valence electrons. The molecule has 0 aliphatic heterocycles. The molecule has 0 spiro atoms. The molecule has 1 aromatic heterocycles. The molecule has 0 N–H and O–H groups in total. The van der Waals surface area contributed by atoms with E-state index >= 15 is 0 Å². The summed E-state index contributed by atoms with van der Waals surface area (Å²) < 4.78 is 2.41. The highest BCUT2D eigenvalue weighted by Crippen LogP contribution is 2.39. The molecule has 23 heavy (non-hydrogen) atoms. The van der Waals surface area contributed by atoms with Gasteiger partial charge in [-0.25, -0.2) is 0 Å². The van der Waals surface area contributed by atoms with Crippen LogP contribution in [0.15, 0.2) is 97.6 Å². The van der Waals surface area contributed by atoms with Gasteiger partial charge in [0.1, 0.15) is 0 Å². The smallest absolute Gasteiger partial charge is 0.0852 e. The van der Waals surface area contributed by atoms with Crippen LogP contribution in [0.5, 0.6) is 0 Å². The molecular weight excluding hydrogens is 278 g/mol. The first-order valence-electron chi connectivity index (χ1n) is 7.93. The quantitative estimate of drug-likeness (QED) is 0.543. The Hall–Kier alpha value is -2.80. The van der Waals surface area contributed by atoms with Gasteiger partial charge in [0.15, 0.2) is 0 Å². The van der Waals surface area contributed by atoms with Crippen LogP contribution in [0.1, 0.15) is 6.42 Å². The van der Waals surface area contributed by atoms with Crippen LogP contribution in [-0.4, -0.2) is 4.57 Å². The van der Waals surface area contributed by atoms with Crippen LogP contribution >= 0.6 is 0 Å². The van der Waals surface area contributed by atoms with E-state index in [0.717, 1.165) is 6.42 Å². The van der Waals surface area contributed by atoms with Crippen LogP contribution in [0, 0.1) is 0 Å². The third kappa shape index (κ3) is 1.93. The van der Waals surface area contributed by atoms with Crippen molar-refractivity contribution in [2.45, 2.75) is 12.0 Å². The number of hydrogen-bond acceptors (Lipinski definition) is 0. The van der Waals surface area contributed by atoms with Crippen molar-refractivity contribution >= 4 is 21.8 Å². The third-order valence-electron chi connectivity index (χ3n) is 4.81. The molecular formula is C22H19N. The lowest BCUT2D eigenvalue weighted by Gasteiger charge is -2.32. The highest BCUT2D eigenvalue weighted by atomic mass is 15.1. The van der Waals surface area contributed by atoms with E-state index in [0.29, 0.717) is 0 Å². The monoisotopic (exact) mass is 297 g/mol. The van der Waals surface area contributed by atoms with E-state index in [2.05, 4.69) is 90.6 Å². The van der Waals surface area contributed by atoms with Crippen molar-refractivity contribution in [3.8, 4) is 0 Å². The van der Waals surface area contributed by atoms with Gasteiger partial charge in [-0.3, -0.25) is 0 Å². The third-order valence-corrected chi connectivity index (χ3v) is 4.81. The number of rotatable bonds is 3. The van der Waals surface area contributed by atoms with Crippen molar-refractivity contribution < 1.29 is 0 Å². The fourth-order valence-corrected chi connectivity index (χ4v) is 3.59. The SMILES string of the molecule is C=CC1=CCC(C=C)(n2c3ccccc3c3ccccc32)C=C1. The fourth-order valence-electron chi connectivity index (χ4n) is 3.59. The van der Waals surface area contributed by atoms with E-state index < -0.39 is 0 Å². The molecule has 0 fully saturated rings. The fraction of sp³-hybridized carbons (Fsp3) is 0.0909. The molecule has 0 radical (unpaired) electrons. The minimum absolute atomic E-state index is 0.241. The standard InChI is InChI=1S/C22H19N/c1-3-17-13-15-22(4-2,16-14-17)23-20-11-7-5-9-18(20)19-10-6-8-12-21(19)23/h3-15H,1-2,16H2.